The molecule has 0 heterocycles. The van der Waals surface area contributed by atoms with Gasteiger partial charge in [-0.15, -0.1) is 24.0 Å². The third-order valence-corrected chi connectivity index (χ3v) is 4.31. The van der Waals surface area contributed by atoms with Crippen LogP contribution in [-0.2, 0) is 26.9 Å². The lowest BCUT2D eigenvalue weighted by Gasteiger charge is -2.14. The van der Waals surface area contributed by atoms with Crippen LogP contribution in [0.4, 0.5) is 4.39 Å². The summed E-state index contributed by atoms with van der Waals surface area (Å²) in [5, 5.41) is 8.78. The molecule has 10 heteroatoms. The molecule has 1 rings (SSSR count). The molecule has 0 aliphatic rings. The number of sulfone groups is 1. The van der Waals surface area contributed by atoms with E-state index in [1.54, 1.807) is 7.05 Å². The maximum absolute atomic E-state index is 13.5. The molecule has 1 amide bonds. The molecule has 0 unspecified atom stereocenters. The van der Waals surface area contributed by atoms with Gasteiger partial charge in [0.05, 0.1) is 5.75 Å². The first-order valence-corrected chi connectivity index (χ1v) is 10.5. The van der Waals surface area contributed by atoms with E-state index in [-0.39, 0.29) is 42.2 Å². The summed E-state index contributed by atoms with van der Waals surface area (Å²) in [5.74, 6) is -0.193. The number of halogens is 2. The van der Waals surface area contributed by atoms with Crippen LogP contribution in [0.3, 0.4) is 0 Å². The summed E-state index contributed by atoms with van der Waals surface area (Å²) in [6, 6.07) is 4.02. The van der Waals surface area contributed by atoms with Crippen LogP contribution < -0.4 is 16.0 Å². The van der Waals surface area contributed by atoms with Crippen molar-refractivity contribution in [3.63, 3.8) is 0 Å². The number of carbonyl (C=O) groups is 1. The number of amides is 1. The lowest BCUT2D eigenvalue weighted by atomic mass is 10.1. The summed E-state index contributed by atoms with van der Waals surface area (Å²) in [6.45, 7) is 3.24. The van der Waals surface area contributed by atoms with Crippen LogP contribution >= 0.6 is 24.0 Å². The SMILES string of the molecule is CCCNC(=O)CCNC(=NC)NCc1cc(F)ccc1CS(C)(=O)=O.I. The van der Waals surface area contributed by atoms with Gasteiger partial charge in [-0.3, -0.25) is 9.79 Å². The normalized spacial score (nSPS) is 11.5. The number of nitrogens with zero attached hydrogens (tertiary/aromatic N) is 1. The van der Waals surface area contributed by atoms with Gasteiger partial charge in [0.2, 0.25) is 5.91 Å². The van der Waals surface area contributed by atoms with Gasteiger partial charge in [-0.25, -0.2) is 12.8 Å². The Bertz CT molecular complexity index is 742. The standard InChI is InChI=1S/C17H27FN4O3S.HI/c1-4-8-20-16(23)7-9-21-17(19-2)22-11-14-10-15(18)6-5-13(14)12-26(3,24)25;/h5-6,10H,4,7-9,11-12H2,1-3H3,(H,20,23)(H2,19,21,22);1H. The van der Waals surface area contributed by atoms with Gasteiger partial charge in [0, 0.05) is 39.4 Å². The predicted octanol–water partition coefficient (Wildman–Crippen LogP) is 1.57. The van der Waals surface area contributed by atoms with Gasteiger partial charge in [0.15, 0.2) is 15.8 Å². The van der Waals surface area contributed by atoms with Crippen molar-refractivity contribution in [2.45, 2.75) is 32.1 Å². The quantitative estimate of drug-likeness (QED) is 0.264. The topological polar surface area (TPSA) is 99.7 Å². The maximum atomic E-state index is 13.5. The molecule has 0 aromatic heterocycles. The summed E-state index contributed by atoms with van der Waals surface area (Å²) in [7, 11) is -1.65. The molecule has 0 aliphatic heterocycles. The predicted molar refractivity (Wildman–Crippen MR) is 116 cm³/mol. The van der Waals surface area contributed by atoms with Crippen LogP contribution in [0.25, 0.3) is 0 Å². The van der Waals surface area contributed by atoms with E-state index in [0.717, 1.165) is 12.7 Å². The highest BCUT2D eigenvalue weighted by molar-refractivity contribution is 14.0. The Hall–Kier alpha value is -1.43. The molecule has 0 saturated carbocycles. The Kier molecular flexibility index (Phi) is 12.2. The van der Waals surface area contributed by atoms with Crippen LogP contribution in [0.15, 0.2) is 23.2 Å². The second kappa shape index (κ2) is 12.9. The summed E-state index contributed by atoms with van der Waals surface area (Å²) in [6.07, 6.45) is 2.32. The van der Waals surface area contributed by atoms with Gasteiger partial charge in [0.1, 0.15) is 5.82 Å². The molecule has 0 fully saturated rings. The molecule has 0 atom stereocenters. The van der Waals surface area contributed by atoms with Crippen molar-refractivity contribution in [3.8, 4) is 0 Å². The van der Waals surface area contributed by atoms with Gasteiger partial charge in [-0.05, 0) is 29.7 Å². The summed E-state index contributed by atoms with van der Waals surface area (Å²) < 4.78 is 36.6. The number of rotatable bonds is 9. The van der Waals surface area contributed by atoms with Crippen molar-refractivity contribution in [1.29, 1.82) is 0 Å². The maximum Gasteiger partial charge on any atom is 0.221 e. The zero-order chi connectivity index (χ0) is 19.6. The molecule has 0 bridgehead atoms. The van der Waals surface area contributed by atoms with E-state index < -0.39 is 15.7 Å². The minimum atomic E-state index is -3.23. The van der Waals surface area contributed by atoms with E-state index in [0.29, 0.717) is 36.6 Å². The number of carbonyl (C=O) groups excluding carboxylic acids is 1. The summed E-state index contributed by atoms with van der Waals surface area (Å²) in [4.78, 5) is 15.6. The van der Waals surface area contributed by atoms with Gasteiger partial charge in [0.25, 0.3) is 0 Å². The number of guanidine groups is 1. The van der Waals surface area contributed by atoms with Crippen molar-refractivity contribution in [2.24, 2.45) is 4.99 Å². The van der Waals surface area contributed by atoms with Crippen molar-refractivity contribution in [3.05, 3.63) is 35.1 Å². The van der Waals surface area contributed by atoms with E-state index in [1.807, 2.05) is 6.92 Å². The molecule has 27 heavy (non-hydrogen) atoms. The van der Waals surface area contributed by atoms with Gasteiger partial charge >= 0.3 is 0 Å². The van der Waals surface area contributed by atoms with Crippen LogP contribution in [0.1, 0.15) is 30.9 Å². The van der Waals surface area contributed by atoms with Gasteiger partial charge < -0.3 is 16.0 Å². The number of benzene rings is 1. The van der Waals surface area contributed by atoms with Gasteiger partial charge in [-0.1, -0.05) is 13.0 Å². The molecule has 0 saturated heterocycles. The molecule has 0 radical (unpaired) electrons. The lowest BCUT2D eigenvalue weighted by Crippen LogP contribution is -2.39. The Morgan fingerprint density at radius 3 is 2.44 bits per heavy atom. The molecule has 1 aromatic carbocycles. The molecule has 0 spiro atoms. The highest BCUT2D eigenvalue weighted by atomic mass is 127. The highest BCUT2D eigenvalue weighted by Crippen LogP contribution is 2.14. The Labute approximate surface area is 177 Å². The first kappa shape index (κ1) is 25.6. The Morgan fingerprint density at radius 1 is 1.15 bits per heavy atom. The first-order valence-electron chi connectivity index (χ1n) is 8.41. The van der Waals surface area contributed by atoms with Crippen molar-refractivity contribution in [1.82, 2.24) is 16.0 Å². The zero-order valence-corrected chi connectivity index (χ0v) is 19.0. The lowest BCUT2D eigenvalue weighted by molar-refractivity contribution is -0.120. The Morgan fingerprint density at radius 2 is 1.85 bits per heavy atom. The zero-order valence-electron chi connectivity index (χ0n) is 15.8. The van der Waals surface area contributed by atoms with Crippen LogP contribution in [-0.4, -0.2) is 46.7 Å². The minimum absolute atomic E-state index is 0. The second-order valence-corrected chi connectivity index (χ2v) is 8.08. The van der Waals surface area contributed by atoms with E-state index in [1.165, 1.54) is 18.2 Å². The molecule has 3 N–H and O–H groups in total. The second-order valence-electron chi connectivity index (χ2n) is 5.94. The number of hydrogen-bond donors (Lipinski definition) is 3. The van der Waals surface area contributed by atoms with E-state index in [4.69, 9.17) is 0 Å². The molecule has 154 valence electrons. The summed E-state index contributed by atoms with van der Waals surface area (Å²) >= 11 is 0. The first-order chi connectivity index (χ1) is 12.2. The summed E-state index contributed by atoms with van der Waals surface area (Å²) in [5.41, 5.74) is 1.08. The van der Waals surface area contributed by atoms with Crippen LogP contribution in [0, 0.1) is 5.82 Å². The fourth-order valence-corrected chi connectivity index (χ4v) is 3.08. The highest BCUT2D eigenvalue weighted by Gasteiger charge is 2.11. The molecule has 0 aliphatic carbocycles. The number of hydrogen-bond acceptors (Lipinski definition) is 4. The van der Waals surface area contributed by atoms with Crippen LogP contribution in [0.5, 0.6) is 0 Å². The van der Waals surface area contributed by atoms with Gasteiger partial charge in [-0.2, -0.15) is 0 Å². The third-order valence-electron chi connectivity index (χ3n) is 3.47. The number of aliphatic imine (C=N–C) groups is 1. The average Bonchev–Trinajstić information content (AvgIpc) is 2.57. The van der Waals surface area contributed by atoms with Crippen molar-refractivity contribution >= 4 is 45.7 Å². The molecule has 1 aromatic rings. The smallest absolute Gasteiger partial charge is 0.221 e. The van der Waals surface area contributed by atoms with E-state index in [9.17, 15) is 17.6 Å². The molecule has 7 nitrogen and oxygen atoms in total. The third kappa shape index (κ3) is 11.1. The minimum Gasteiger partial charge on any atom is -0.356 e. The molecular weight excluding hydrogens is 486 g/mol. The fraction of sp³-hybridized carbons (Fsp3) is 0.529. The van der Waals surface area contributed by atoms with Crippen molar-refractivity contribution in [2.75, 3.05) is 26.4 Å². The number of nitrogens with one attached hydrogen (secondary N) is 3. The largest absolute Gasteiger partial charge is 0.356 e. The van der Waals surface area contributed by atoms with Crippen molar-refractivity contribution < 1.29 is 17.6 Å². The Balaban J connectivity index is 0.00000676. The van der Waals surface area contributed by atoms with E-state index in [2.05, 4.69) is 20.9 Å². The average molecular weight is 514 g/mol. The van der Waals surface area contributed by atoms with E-state index >= 15 is 0 Å². The monoisotopic (exact) mass is 514 g/mol. The fourth-order valence-electron chi connectivity index (χ4n) is 2.23. The molecular formula is C17H28FIN4O3S. The van der Waals surface area contributed by atoms with Crippen LogP contribution in [0.2, 0.25) is 0 Å².